The van der Waals surface area contributed by atoms with Crippen molar-refractivity contribution in [1.29, 1.82) is 0 Å². The Balaban J connectivity index is 1.83. The molecule has 0 saturated heterocycles. The van der Waals surface area contributed by atoms with E-state index in [1.807, 2.05) is 23.3 Å². The number of aryl methyl sites for hydroxylation is 1. The molecule has 3 aromatic heterocycles. The molecule has 3 heterocycles. The molecule has 1 N–H and O–H groups in total. The van der Waals surface area contributed by atoms with E-state index in [0.717, 1.165) is 12.0 Å². The Morgan fingerprint density at radius 3 is 2.92 bits per heavy atom. The predicted molar refractivity (Wildman–Crippen MR) is 96.7 cm³/mol. The van der Waals surface area contributed by atoms with Gasteiger partial charge in [0.2, 0.25) is 5.91 Å². The third-order valence-corrected chi connectivity index (χ3v) is 4.93. The lowest BCUT2D eigenvalue weighted by molar-refractivity contribution is -0.133. The Kier molecular flexibility index (Phi) is 4.98. The summed E-state index contributed by atoms with van der Waals surface area (Å²) in [4.78, 5) is 35.2. The number of fused-ring (bicyclic) bond motifs is 1. The fourth-order valence-corrected chi connectivity index (χ4v) is 3.31. The van der Waals surface area contributed by atoms with Crippen molar-refractivity contribution in [2.75, 3.05) is 0 Å². The van der Waals surface area contributed by atoms with Crippen LogP contribution in [0.25, 0.3) is 5.78 Å². The average Bonchev–Trinajstić information content (AvgIpc) is 3.21. The van der Waals surface area contributed by atoms with Gasteiger partial charge in [0.1, 0.15) is 5.82 Å². The van der Waals surface area contributed by atoms with Crippen LogP contribution < -0.4 is 5.56 Å². The lowest BCUT2D eigenvalue weighted by Gasteiger charge is -2.28. The second kappa shape index (κ2) is 7.18. The van der Waals surface area contributed by atoms with Crippen molar-refractivity contribution in [3.05, 3.63) is 50.3 Å². The summed E-state index contributed by atoms with van der Waals surface area (Å²) in [7, 11) is 0. The van der Waals surface area contributed by atoms with Gasteiger partial charge in [0.25, 0.3) is 11.3 Å². The van der Waals surface area contributed by atoms with Gasteiger partial charge in [0, 0.05) is 24.3 Å². The Morgan fingerprint density at radius 2 is 2.24 bits per heavy atom. The van der Waals surface area contributed by atoms with Crippen molar-refractivity contribution in [3.8, 4) is 0 Å². The van der Waals surface area contributed by atoms with Crippen LogP contribution in [0, 0.1) is 6.92 Å². The van der Waals surface area contributed by atoms with E-state index in [1.54, 1.807) is 18.3 Å². The van der Waals surface area contributed by atoms with Gasteiger partial charge in [-0.15, -0.1) is 0 Å². The van der Waals surface area contributed by atoms with Crippen LogP contribution in [0.5, 0.6) is 0 Å². The van der Waals surface area contributed by atoms with Crippen LogP contribution in [0.3, 0.4) is 0 Å². The number of hydrogen-bond acceptors (Lipinski definition) is 5. The van der Waals surface area contributed by atoms with Gasteiger partial charge in [-0.2, -0.15) is 20.8 Å². The number of aromatic amines is 1. The van der Waals surface area contributed by atoms with Crippen molar-refractivity contribution >= 4 is 23.0 Å². The largest absolute Gasteiger partial charge is 0.335 e. The highest BCUT2D eigenvalue weighted by atomic mass is 32.1. The van der Waals surface area contributed by atoms with E-state index in [9.17, 15) is 9.59 Å². The van der Waals surface area contributed by atoms with E-state index in [-0.39, 0.29) is 23.9 Å². The summed E-state index contributed by atoms with van der Waals surface area (Å²) in [5, 5.41) is 6.94. The first-order chi connectivity index (χ1) is 12.0. The highest BCUT2D eigenvalue weighted by Gasteiger charge is 2.21. The number of carbonyl (C=O) groups is 1. The SMILES string of the molecule is CC[C@@H](C)N(Cc1ccsc1)C(=O)Cc1nc2nc(C)cc(=O)n2[nH]1. The summed E-state index contributed by atoms with van der Waals surface area (Å²) in [6.45, 7) is 6.42. The van der Waals surface area contributed by atoms with Crippen molar-refractivity contribution in [2.45, 2.75) is 46.2 Å². The van der Waals surface area contributed by atoms with Crippen LogP contribution in [-0.2, 0) is 17.8 Å². The predicted octanol–water partition coefficient (Wildman–Crippen LogP) is 2.16. The number of amides is 1. The Labute approximate surface area is 149 Å². The van der Waals surface area contributed by atoms with Crippen molar-refractivity contribution in [3.63, 3.8) is 0 Å². The molecule has 8 heteroatoms. The molecule has 0 radical (unpaired) electrons. The van der Waals surface area contributed by atoms with Gasteiger partial charge in [-0.25, -0.2) is 4.98 Å². The van der Waals surface area contributed by atoms with Gasteiger partial charge in [0.05, 0.1) is 6.42 Å². The number of nitrogens with one attached hydrogen (secondary N) is 1. The molecule has 0 fully saturated rings. The number of rotatable bonds is 6. The monoisotopic (exact) mass is 359 g/mol. The number of hydrogen-bond donors (Lipinski definition) is 1. The van der Waals surface area contributed by atoms with Gasteiger partial charge < -0.3 is 4.90 Å². The Bertz CT molecular complexity index is 928. The summed E-state index contributed by atoms with van der Waals surface area (Å²) in [5.74, 6) is 0.712. The highest BCUT2D eigenvalue weighted by molar-refractivity contribution is 7.07. The molecule has 0 aliphatic heterocycles. The topological polar surface area (TPSA) is 83.4 Å². The molecule has 132 valence electrons. The molecule has 0 aliphatic carbocycles. The van der Waals surface area contributed by atoms with Crippen LogP contribution in [0.4, 0.5) is 0 Å². The zero-order valence-corrected chi connectivity index (χ0v) is 15.3. The number of aromatic nitrogens is 4. The van der Waals surface area contributed by atoms with E-state index in [0.29, 0.717) is 23.8 Å². The van der Waals surface area contributed by atoms with Crippen LogP contribution >= 0.6 is 11.3 Å². The van der Waals surface area contributed by atoms with Gasteiger partial charge in [-0.1, -0.05) is 6.92 Å². The van der Waals surface area contributed by atoms with E-state index in [4.69, 9.17) is 0 Å². The van der Waals surface area contributed by atoms with E-state index in [1.165, 1.54) is 10.6 Å². The van der Waals surface area contributed by atoms with Gasteiger partial charge in [-0.05, 0) is 42.7 Å². The quantitative estimate of drug-likeness (QED) is 0.731. The first-order valence-electron chi connectivity index (χ1n) is 8.23. The number of thiophene rings is 1. The standard InChI is InChI=1S/C17H21N5O2S/c1-4-12(3)21(9-13-5-6-25-10-13)15(23)8-14-19-17-18-11(2)7-16(24)22(17)20-14/h5-7,10,12H,4,8-9H2,1-3H3,(H,18,19,20)/t12-/m1/s1. The number of nitrogens with zero attached hydrogens (tertiary/aromatic N) is 4. The molecule has 0 aromatic carbocycles. The third-order valence-electron chi connectivity index (χ3n) is 4.20. The molecule has 0 spiro atoms. The molecule has 3 aromatic rings. The first-order valence-corrected chi connectivity index (χ1v) is 9.18. The second-order valence-electron chi connectivity index (χ2n) is 6.13. The lowest BCUT2D eigenvalue weighted by Crippen LogP contribution is -2.38. The van der Waals surface area contributed by atoms with Gasteiger partial charge in [0.15, 0.2) is 0 Å². The average molecular weight is 359 g/mol. The maximum Gasteiger partial charge on any atom is 0.274 e. The minimum atomic E-state index is -0.231. The maximum atomic E-state index is 12.8. The van der Waals surface area contributed by atoms with Crippen LogP contribution in [-0.4, -0.2) is 36.4 Å². The minimum absolute atomic E-state index is 0.0237. The van der Waals surface area contributed by atoms with Crippen LogP contribution in [0.15, 0.2) is 27.7 Å². The van der Waals surface area contributed by atoms with E-state index in [2.05, 4.69) is 27.4 Å². The molecule has 3 rings (SSSR count). The maximum absolute atomic E-state index is 12.8. The fraction of sp³-hybridized carbons (Fsp3) is 0.412. The highest BCUT2D eigenvalue weighted by Crippen LogP contribution is 2.15. The molecule has 7 nitrogen and oxygen atoms in total. The van der Waals surface area contributed by atoms with Crippen LogP contribution in [0.1, 0.15) is 37.4 Å². The Morgan fingerprint density at radius 1 is 1.44 bits per heavy atom. The second-order valence-corrected chi connectivity index (χ2v) is 6.91. The fourth-order valence-electron chi connectivity index (χ4n) is 2.65. The van der Waals surface area contributed by atoms with Crippen molar-refractivity contribution in [1.82, 2.24) is 24.5 Å². The lowest BCUT2D eigenvalue weighted by atomic mass is 10.1. The smallest absolute Gasteiger partial charge is 0.274 e. The zero-order chi connectivity index (χ0) is 18.0. The molecule has 0 saturated carbocycles. The molecule has 0 bridgehead atoms. The molecule has 0 unspecified atom stereocenters. The molecule has 0 aliphatic rings. The molecule has 1 atom stereocenters. The molecule has 1 amide bonds. The van der Waals surface area contributed by atoms with E-state index >= 15 is 0 Å². The first kappa shape index (κ1) is 17.3. The number of carbonyl (C=O) groups excluding carboxylic acids is 1. The van der Waals surface area contributed by atoms with Gasteiger partial charge in [-0.3, -0.25) is 14.7 Å². The normalized spacial score (nSPS) is 12.4. The molecular formula is C17H21N5O2S. The molecular weight excluding hydrogens is 338 g/mol. The Hall–Kier alpha value is -2.48. The summed E-state index contributed by atoms with van der Waals surface area (Å²) >= 11 is 1.62. The third kappa shape index (κ3) is 3.79. The van der Waals surface area contributed by atoms with E-state index < -0.39 is 0 Å². The minimum Gasteiger partial charge on any atom is -0.335 e. The van der Waals surface area contributed by atoms with Crippen molar-refractivity contribution in [2.24, 2.45) is 0 Å². The zero-order valence-electron chi connectivity index (χ0n) is 14.5. The van der Waals surface area contributed by atoms with Crippen LogP contribution in [0.2, 0.25) is 0 Å². The van der Waals surface area contributed by atoms with Gasteiger partial charge >= 0.3 is 0 Å². The summed E-state index contributed by atoms with van der Waals surface area (Å²) in [6, 6.07) is 3.58. The summed E-state index contributed by atoms with van der Waals surface area (Å²) in [6.07, 6.45) is 0.979. The number of H-pyrrole nitrogens is 1. The molecule has 25 heavy (non-hydrogen) atoms. The summed E-state index contributed by atoms with van der Waals surface area (Å²) < 4.78 is 1.27. The van der Waals surface area contributed by atoms with Crippen molar-refractivity contribution < 1.29 is 4.79 Å². The summed E-state index contributed by atoms with van der Waals surface area (Å²) in [5.41, 5.74) is 1.50.